The molecule has 14 heteroatoms. The molecule has 0 aliphatic heterocycles. The number of nitrogens with one attached hydrogen (secondary N) is 2. The van der Waals surface area contributed by atoms with E-state index in [2.05, 4.69) is 10.6 Å². The molecule has 0 bridgehead atoms. The van der Waals surface area contributed by atoms with E-state index >= 15 is 0 Å². The second-order valence-corrected chi connectivity index (χ2v) is 9.93. The fourth-order valence-electron chi connectivity index (χ4n) is 2.41. The number of rotatable bonds is 8. The molecule has 0 unspecified atom stereocenters. The molecule has 0 aliphatic rings. The molecule has 2 N–H and O–H groups in total. The summed E-state index contributed by atoms with van der Waals surface area (Å²) in [7, 11) is -9.22. The van der Waals surface area contributed by atoms with Crippen LogP contribution in [0.4, 0.5) is 30.2 Å². The molecule has 0 spiro atoms. The van der Waals surface area contributed by atoms with E-state index in [4.69, 9.17) is 0 Å². The summed E-state index contributed by atoms with van der Waals surface area (Å²) in [5, 5.41) is 16.4. The van der Waals surface area contributed by atoms with E-state index in [0.717, 1.165) is 30.5 Å². The molecule has 0 aliphatic carbocycles. The Hall–Kier alpha value is -2.87. The number of nitrogens with zero attached hydrogens (tertiary/aromatic N) is 1. The van der Waals surface area contributed by atoms with Crippen LogP contribution in [0, 0.1) is 10.1 Å². The summed E-state index contributed by atoms with van der Waals surface area (Å²) in [5.41, 5.74) is -6.26. The maximum Gasteiger partial charge on any atom is 0.501 e. The number of sulfone groups is 2. The van der Waals surface area contributed by atoms with Gasteiger partial charge >= 0.3 is 5.51 Å². The Morgan fingerprint density at radius 2 is 1.53 bits per heavy atom. The number of nitro benzene ring substituents is 1. The normalized spacial score (nSPS) is 12.4. The average Bonchev–Trinajstić information content (AvgIpc) is 2.63. The van der Waals surface area contributed by atoms with Crippen molar-refractivity contribution < 1.29 is 34.9 Å². The minimum atomic E-state index is -5.56. The molecular formula is C16H16F3N3O6S2. The molecule has 2 aromatic rings. The zero-order chi connectivity index (χ0) is 22.7. The molecular weight excluding hydrogens is 451 g/mol. The monoisotopic (exact) mass is 467 g/mol. The van der Waals surface area contributed by atoms with Crippen LogP contribution in [0.3, 0.4) is 0 Å². The summed E-state index contributed by atoms with van der Waals surface area (Å²) in [6.07, 6.45) is 0.898. The topological polar surface area (TPSA) is 135 Å². The van der Waals surface area contributed by atoms with E-state index in [1.165, 1.54) is 18.2 Å². The quantitative estimate of drug-likeness (QED) is 0.344. The molecule has 9 nitrogen and oxygen atoms in total. The van der Waals surface area contributed by atoms with Crippen LogP contribution >= 0.6 is 0 Å². The smallest absolute Gasteiger partial charge is 0.382 e. The maximum atomic E-state index is 12.8. The van der Waals surface area contributed by atoms with Crippen LogP contribution in [0.5, 0.6) is 0 Å². The molecule has 0 fully saturated rings. The number of benzene rings is 2. The summed E-state index contributed by atoms with van der Waals surface area (Å²) >= 11 is 0. The van der Waals surface area contributed by atoms with Gasteiger partial charge in [-0.05, 0) is 24.3 Å². The summed E-state index contributed by atoms with van der Waals surface area (Å²) in [6, 6.07) is 7.71. The van der Waals surface area contributed by atoms with Gasteiger partial charge < -0.3 is 10.6 Å². The Kier molecular flexibility index (Phi) is 6.61. The first-order valence-corrected chi connectivity index (χ1v) is 11.5. The molecule has 0 saturated heterocycles. The van der Waals surface area contributed by atoms with Crippen molar-refractivity contribution in [2.75, 3.05) is 30.0 Å². The van der Waals surface area contributed by atoms with Gasteiger partial charge in [0.05, 0.1) is 20.4 Å². The second kappa shape index (κ2) is 8.47. The Bertz CT molecular complexity index is 1160. The number of hydrogen-bond donors (Lipinski definition) is 2. The lowest BCUT2D eigenvalue weighted by atomic mass is 10.2. The third-order valence-corrected chi connectivity index (χ3v) is 6.49. The molecule has 0 amide bonds. The largest absolute Gasteiger partial charge is 0.501 e. The SMILES string of the molecule is CS(=O)(=O)c1ccc(NCCNc2ccccc2S(=O)(=O)C(F)(F)F)c([N+](=O)[O-])c1. The van der Waals surface area contributed by atoms with Crippen LogP contribution in [0.15, 0.2) is 52.3 Å². The fraction of sp³-hybridized carbons (Fsp3) is 0.250. The number of anilines is 2. The van der Waals surface area contributed by atoms with Gasteiger partial charge in [-0.25, -0.2) is 16.8 Å². The fourth-order valence-corrected chi connectivity index (χ4v) is 3.99. The van der Waals surface area contributed by atoms with Crippen LogP contribution in [0.25, 0.3) is 0 Å². The molecule has 30 heavy (non-hydrogen) atoms. The van der Waals surface area contributed by atoms with Crippen LogP contribution < -0.4 is 10.6 Å². The molecule has 164 valence electrons. The highest BCUT2D eigenvalue weighted by molar-refractivity contribution is 7.92. The van der Waals surface area contributed by atoms with E-state index in [1.807, 2.05) is 0 Å². The van der Waals surface area contributed by atoms with Crippen molar-refractivity contribution in [3.8, 4) is 0 Å². The van der Waals surface area contributed by atoms with Gasteiger partial charge in [-0.15, -0.1) is 0 Å². The number of nitro groups is 1. The first-order valence-electron chi connectivity index (χ1n) is 8.12. The third-order valence-electron chi connectivity index (χ3n) is 3.83. The predicted molar refractivity (Wildman–Crippen MR) is 103 cm³/mol. The van der Waals surface area contributed by atoms with E-state index in [0.29, 0.717) is 0 Å². The lowest BCUT2D eigenvalue weighted by Crippen LogP contribution is -2.25. The molecule has 0 saturated carbocycles. The molecule has 0 atom stereocenters. The second-order valence-electron chi connectivity index (χ2n) is 6.01. The highest BCUT2D eigenvalue weighted by Gasteiger charge is 2.47. The van der Waals surface area contributed by atoms with Gasteiger partial charge in [-0.2, -0.15) is 13.2 Å². The van der Waals surface area contributed by atoms with Crippen molar-refractivity contribution in [2.45, 2.75) is 15.3 Å². The maximum absolute atomic E-state index is 12.8. The van der Waals surface area contributed by atoms with Crippen LogP contribution in [0.2, 0.25) is 0 Å². The van der Waals surface area contributed by atoms with Gasteiger partial charge in [0.25, 0.3) is 15.5 Å². The van der Waals surface area contributed by atoms with Crippen molar-refractivity contribution in [3.05, 3.63) is 52.6 Å². The summed E-state index contributed by atoms with van der Waals surface area (Å²) in [5.74, 6) is 0. The Morgan fingerprint density at radius 3 is 2.07 bits per heavy atom. The van der Waals surface area contributed by atoms with Crippen molar-refractivity contribution in [2.24, 2.45) is 0 Å². The average molecular weight is 467 g/mol. The summed E-state index contributed by atoms with van der Waals surface area (Å²) < 4.78 is 84.8. The van der Waals surface area contributed by atoms with E-state index in [9.17, 15) is 40.1 Å². The third kappa shape index (κ3) is 5.18. The van der Waals surface area contributed by atoms with Crippen molar-refractivity contribution in [3.63, 3.8) is 0 Å². The van der Waals surface area contributed by atoms with Crippen LogP contribution in [0.1, 0.15) is 0 Å². The van der Waals surface area contributed by atoms with E-state index < -0.39 is 40.7 Å². The summed E-state index contributed by atoms with van der Waals surface area (Å²) in [6.45, 7) is -0.130. The minimum Gasteiger partial charge on any atom is -0.382 e. The van der Waals surface area contributed by atoms with Gasteiger partial charge in [0, 0.05) is 25.4 Å². The Balaban J connectivity index is 2.15. The first-order chi connectivity index (χ1) is 13.7. The molecule has 2 aromatic carbocycles. The van der Waals surface area contributed by atoms with Gasteiger partial charge in [-0.3, -0.25) is 10.1 Å². The van der Waals surface area contributed by atoms with Crippen molar-refractivity contribution in [1.29, 1.82) is 0 Å². The zero-order valence-electron chi connectivity index (χ0n) is 15.3. The molecule has 0 radical (unpaired) electrons. The highest BCUT2D eigenvalue weighted by Crippen LogP contribution is 2.34. The van der Waals surface area contributed by atoms with Gasteiger partial charge in [0.2, 0.25) is 0 Å². The number of hydrogen-bond acceptors (Lipinski definition) is 8. The van der Waals surface area contributed by atoms with Gasteiger partial charge in [0.15, 0.2) is 9.84 Å². The molecule has 0 aromatic heterocycles. The number of alkyl halides is 3. The van der Waals surface area contributed by atoms with E-state index in [-0.39, 0.29) is 29.4 Å². The summed E-state index contributed by atoms with van der Waals surface area (Å²) in [4.78, 5) is 9.21. The highest BCUT2D eigenvalue weighted by atomic mass is 32.2. The van der Waals surface area contributed by atoms with Crippen molar-refractivity contribution >= 4 is 36.7 Å². The molecule has 2 rings (SSSR count). The van der Waals surface area contributed by atoms with Gasteiger partial charge in [0.1, 0.15) is 5.69 Å². The minimum absolute atomic E-state index is 0.00889. The number of para-hydroxylation sites is 1. The van der Waals surface area contributed by atoms with Crippen LogP contribution in [-0.2, 0) is 19.7 Å². The lowest BCUT2D eigenvalue weighted by Gasteiger charge is -2.14. The first kappa shape index (κ1) is 23.4. The zero-order valence-corrected chi connectivity index (χ0v) is 16.9. The predicted octanol–water partition coefficient (Wildman–Crippen LogP) is 2.82. The Labute approximate surface area is 169 Å². The number of halogens is 3. The Morgan fingerprint density at radius 1 is 0.967 bits per heavy atom. The van der Waals surface area contributed by atoms with Gasteiger partial charge in [-0.1, -0.05) is 12.1 Å². The standard InChI is InChI=1S/C16H16F3N3O6S2/c1-29(25,26)11-6-7-12(14(10-11)22(23)24)20-8-9-21-13-4-2-3-5-15(13)30(27,28)16(17,18)19/h2-7,10,20-21H,8-9H2,1H3. The molecule has 0 heterocycles. The van der Waals surface area contributed by atoms with Crippen molar-refractivity contribution in [1.82, 2.24) is 0 Å². The van der Waals surface area contributed by atoms with E-state index in [1.54, 1.807) is 0 Å². The van der Waals surface area contributed by atoms with Crippen LogP contribution in [-0.4, -0.2) is 46.6 Å². The lowest BCUT2D eigenvalue weighted by molar-refractivity contribution is -0.384.